The number of carbonyl (C=O) groups is 1. The van der Waals surface area contributed by atoms with Crippen molar-refractivity contribution in [2.75, 3.05) is 39.9 Å². The zero-order valence-electron chi connectivity index (χ0n) is 16.2. The van der Waals surface area contributed by atoms with E-state index in [0.717, 1.165) is 32.7 Å². The number of methoxy groups -OCH3 is 1. The van der Waals surface area contributed by atoms with Crippen LogP contribution in [0.1, 0.15) is 17.5 Å². The van der Waals surface area contributed by atoms with Gasteiger partial charge in [-0.05, 0) is 24.6 Å². The minimum absolute atomic E-state index is 0.153. The van der Waals surface area contributed by atoms with Crippen LogP contribution in [0.25, 0.3) is 0 Å². The van der Waals surface area contributed by atoms with Gasteiger partial charge in [0.25, 0.3) is 0 Å². The number of para-hydroxylation sites is 2. The highest BCUT2D eigenvalue weighted by molar-refractivity contribution is 5.76. The molecule has 3 rings (SSSR count). The van der Waals surface area contributed by atoms with Crippen LogP contribution in [-0.2, 0) is 11.3 Å². The van der Waals surface area contributed by atoms with Gasteiger partial charge in [0, 0.05) is 32.7 Å². The summed E-state index contributed by atoms with van der Waals surface area (Å²) < 4.78 is 11.0. The normalized spacial score (nSPS) is 14.8. The Bertz CT molecular complexity index is 755. The predicted molar refractivity (Wildman–Crippen MR) is 106 cm³/mol. The first kappa shape index (κ1) is 19.2. The average molecular weight is 368 g/mol. The van der Waals surface area contributed by atoms with Crippen LogP contribution >= 0.6 is 0 Å². The molecule has 0 saturated carbocycles. The number of aryl methyl sites for hydroxylation is 1. The van der Waals surface area contributed by atoms with E-state index in [1.54, 1.807) is 7.11 Å². The molecular formula is C22H28N2O3. The van der Waals surface area contributed by atoms with Crippen LogP contribution in [-0.4, -0.2) is 55.6 Å². The molecule has 0 aromatic heterocycles. The highest BCUT2D eigenvalue weighted by Gasteiger charge is 2.21. The summed E-state index contributed by atoms with van der Waals surface area (Å²) in [4.78, 5) is 16.8. The summed E-state index contributed by atoms with van der Waals surface area (Å²) in [6.07, 6.45) is 0.385. The number of ether oxygens (including phenoxy) is 2. The highest BCUT2D eigenvalue weighted by atomic mass is 16.5. The number of nitrogens with zero attached hydrogens (tertiary/aromatic N) is 2. The molecule has 0 atom stereocenters. The van der Waals surface area contributed by atoms with Crippen LogP contribution in [0.2, 0.25) is 0 Å². The van der Waals surface area contributed by atoms with E-state index in [0.29, 0.717) is 24.5 Å². The SMILES string of the molecule is COc1ccccc1OCCC(=O)N1CCN(Cc2cccc(C)c2)CC1. The lowest BCUT2D eigenvalue weighted by Crippen LogP contribution is -2.48. The van der Waals surface area contributed by atoms with E-state index in [1.165, 1.54) is 11.1 Å². The standard InChI is InChI=1S/C22H28N2O3/c1-18-6-5-7-19(16-18)17-23-11-13-24(14-12-23)22(25)10-15-27-21-9-4-3-8-20(21)26-2/h3-9,16H,10-15,17H2,1-2H3. The molecule has 2 aromatic carbocycles. The van der Waals surface area contributed by atoms with Gasteiger partial charge in [0.15, 0.2) is 11.5 Å². The van der Waals surface area contributed by atoms with Gasteiger partial charge in [-0.1, -0.05) is 42.0 Å². The Balaban J connectivity index is 1.40. The minimum atomic E-state index is 0.153. The third-order valence-corrected chi connectivity index (χ3v) is 4.86. The Labute approximate surface area is 161 Å². The number of amides is 1. The molecule has 1 heterocycles. The molecule has 1 fully saturated rings. The Morgan fingerprint density at radius 3 is 2.44 bits per heavy atom. The molecule has 1 aliphatic heterocycles. The van der Waals surface area contributed by atoms with Crippen LogP contribution in [0.4, 0.5) is 0 Å². The lowest BCUT2D eigenvalue weighted by Gasteiger charge is -2.34. The summed E-state index contributed by atoms with van der Waals surface area (Å²) >= 11 is 0. The van der Waals surface area contributed by atoms with E-state index < -0.39 is 0 Å². The molecule has 0 bridgehead atoms. The van der Waals surface area contributed by atoms with Crippen molar-refractivity contribution < 1.29 is 14.3 Å². The van der Waals surface area contributed by atoms with Crippen molar-refractivity contribution in [1.82, 2.24) is 9.80 Å². The fraction of sp³-hybridized carbons (Fsp3) is 0.409. The molecule has 0 spiro atoms. The van der Waals surface area contributed by atoms with Gasteiger partial charge in [-0.15, -0.1) is 0 Å². The second-order valence-corrected chi connectivity index (χ2v) is 6.90. The van der Waals surface area contributed by atoms with Crippen molar-refractivity contribution in [3.63, 3.8) is 0 Å². The molecule has 0 radical (unpaired) electrons. The van der Waals surface area contributed by atoms with Crippen molar-refractivity contribution in [2.24, 2.45) is 0 Å². The maximum Gasteiger partial charge on any atom is 0.226 e. The molecule has 27 heavy (non-hydrogen) atoms. The van der Waals surface area contributed by atoms with Crippen molar-refractivity contribution in [1.29, 1.82) is 0 Å². The van der Waals surface area contributed by atoms with E-state index in [1.807, 2.05) is 29.2 Å². The predicted octanol–water partition coefficient (Wildman–Crippen LogP) is 3.12. The molecule has 1 amide bonds. The molecule has 5 heteroatoms. The van der Waals surface area contributed by atoms with Crippen molar-refractivity contribution >= 4 is 5.91 Å². The van der Waals surface area contributed by atoms with E-state index in [2.05, 4.69) is 36.1 Å². The van der Waals surface area contributed by atoms with E-state index >= 15 is 0 Å². The highest BCUT2D eigenvalue weighted by Crippen LogP contribution is 2.25. The van der Waals surface area contributed by atoms with Crippen LogP contribution in [0.15, 0.2) is 48.5 Å². The van der Waals surface area contributed by atoms with Gasteiger partial charge in [0.05, 0.1) is 20.1 Å². The Morgan fingerprint density at radius 2 is 1.74 bits per heavy atom. The molecule has 0 aliphatic carbocycles. The van der Waals surface area contributed by atoms with Gasteiger partial charge in [-0.3, -0.25) is 9.69 Å². The molecule has 1 aliphatic rings. The monoisotopic (exact) mass is 368 g/mol. The summed E-state index contributed by atoms with van der Waals surface area (Å²) in [5.74, 6) is 1.52. The summed E-state index contributed by atoms with van der Waals surface area (Å²) in [6.45, 7) is 6.80. The maximum atomic E-state index is 12.4. The van der Waals surface area contributed by atoms with Crippen molar-refractivity contribution in [2.45, 2.75) is 19.9 Å². The number of hydrogen-bond acceptors (Lipinski definition) is 4. The summed E-state index contributed by atoms with van der Waals surface area (Å²) in [5.41, 5.74) is 2.62. The van der Waals surface area contributed by atoms with Crippen LogP contribution < -0.4 is 9.47 Å². The molecule has 0 N–H and O–H groups in total. The molecular weight excluding hydrogens is 340 g/mol. The first-order chi connectivity index (χ1) is 13.2. The smallest absolute Gasteiger partial charge is 0.226 e. The number of hydrogen-bond donors (Lipinski definition) is 0. The first-order valence-electron chi connectivity index (χ1n) is 9.47. The molecule has 0 unspecified atom stereocenters. The lowest BCUT2D eigenvalue weighted by atomic mass is 10.1. The van der Waals surface area contributed by atoms with Gasteiger partial charge in [-0.25, -0.2) is 0 Å². The summed E-state index contributed by atoms with van der Waals surface area (Å²) in [7, 11) is 1.61. The number of piperazine rings is 1. The largest absolute Gasteiger partial charge is 0.493 e. The van der Waals surface area contributed by atoms with Gasteiger partial charge in [0.1, 0.15) is 0 Å². The third-order valence-electron chi connectivity index (χ3n) is 4.86. The summed E-state index contributed by atoms with van der Waals surface area (Å²) in [5, 5.41) is 0. The molecule has 5 nitrogen and oxygen atoms in total. The number of carbonyl (C=O) groups excluding carboxylic acids is 1. The van der Waals surface area contributed by atoms with Gasteiger partial charge in [0.2, 0.25) is 5.91 Å². The average Bonchev–Trinajstić information content (AvgIpc) is 2.69. The fourth-order valence-electron chi connectivity index (χ4n) is 3.37. The van der Waals surface area contributed by atoms with E-state index in [-0.39, 0.29) is 5.91 Å². The Morgan fingerprint density at radius 1 is 1.00 bits per heavy atom. The van der Waals surface area contributed by atoms with Gasteiger partial charge in [-0.2, -0.15) is 0 Å². The van der Waals surface area contributed by atoms with Crippen molar-refractivity contribution in [3.05, 3.63) is 59.7 Å². The molecule has 144 valence electrons. The topological polar surface area (TPSA) is 42.0 Å². The van der Waals surface area contributed by atoms with Crippen LogP contribution in [0.5, 0.6) is 11.5 Å². The Kier molecular flexibility index (Phi) is 6.71. The first-order valence-corrected chi connectivity index (χ1v) is 9.47. The zero-order chi connectivity index (χ0) is 19.1. The second-order valence-electron chi connectivity index (χ2n) is 6.90. The molecule has 1 saturated heterocycles. The van der Waals surface area contributed by atoms with Gasteiger partial charge >= 0.3 is 0 Å². The Hall–Kier alpha value is -2.53. The number of benzene rings is 2. The summed E-state index contributed by atoms with van der Waals surface area (Å²) in [6, 6.07) is 16.1. The van der Waals surface area contributed by atoms with Crippen LogP contribution in [0.3, 0.4) is 0 Å². The number of rotatable bonds is 7. The zero-order valence-corrected chi connectivity index (χ0v) is 16.2. The maximum absolute atomic E-state index is 12.4. The fourth-order valence-corrected chi connectivity index (χ4v) is 3.37. The quantitative estimate of drug-likeness (QED) is 0.753. The van der Waals surface area contributed by atoms with Crippen LogP contribution in [0, 0.1) is 6.92 Å². The van der Waals surface area contributed by atoms with Crippen molar-refractivity contribution in [3.8, 4) is 11.5 Å². The van der Waals surface area contributed by atoms with E-state index in [9.17, 15) is 4.79 Å². The third kappa shape index (κ3) is 5.47. The van der Waals surface area contributed by atoms with Gasteiger partial charge < -0.3 is 14.4 Å². The minimum Gasteiger partial charge on any atom is -0.493 e. The molecule has 2 aromatic rings. The lowest BCUT2D eigenvalue weighted by molar-refractivity contribution is -0.133. The second kappa shape index (κ2) is 9.42. The van der Waals surface area contributed by atoms with E-state index in [4.69, 9.17) is 9.47 Å².